The molecular formula is C40H54. The Bertz CT molecular complexity index is 1170. The second-order valence-electron chi connectivity index (χ2n) is 13.1. The fraction of sp³-hybridized carbons (Fsp3) is 0.450. The van der Waals surface area contributed by atoms with Crippen molar-refractivity contribution >= 4 is 0 Å². The highest BCUT2D eigenvalue weighted by Crippen LogP contribution is 2.41. The monoisotopic (exact) mass is 534 g/mol. The summed E-state index contributed by atoms with van der Waals surface area (Å²) in [6, 6.07) is 0. The first-order valence-electron chi connectivity index (χ1n) is 15.1. The Balaban J connectivity index is 1.91. The maximum atomic E-state index is 3.16. The summed E-state index contributed by atoms with van der Waals surface area (Å²) in [5.41, 5.74) is 11.5. The van der Waals surface area contributed by atoms with Gasteiger partial charge in [0.25, 0.3) is 0 Å². The predicted octanol–water partition coefficient (Wildman–Crippen LogP) is 12.1. The summed E-state index contributed by atoms with van der Waals surface area (Å²) in [4.78, 5) is 0. The van der Waals surface area contributed by atoms with E-state index in [0.29, 0.717) is 0 Å². The van der Waals surface area contributed by atoms with Gasteiger partial charge in [0.1, 0.15) is 0 Å². The zero-order chi connectivity index (χ0) is 29.8. The van der Waals surface area contributed by atoms with Crippen LogP contribution in [0, 0.1) is 22.7 Å². The Morgan fingerprint density at radius 2 is 0.950 bits per heavy atom. The molecule has 2 rings (SSSR count). The van der Waals surface area contributed by atoms with Crippen LogP contribution in [0.25, 0.3) is 0 Å². The lowest BCUT2D eigenvalue weighted by Gasteiger charge is -2.33. The average molecular weight is 535 g/mol. The second-order valence-corrected chi connectivity index (χ2v) is 13.1. The standard InChI is InChI=1S/C40H54/c1-31(19-13-21-33(3)25-27-37-35(5)23-15-29-39(37,7)8)17-11-12-18-32(2)20-14-22-34(4)26-28-38-36(6)24-16-30-40(38,9)10/h13-14,17-22,25-28H,15-16,23-24,29-30H2,1-10H3/b19-13+,20-14+,27-25+,28-26+,31-17-,32-18+,33-21+,34-22+. The lowest BCUT2D eigenvalue weighted by molar-refractivity contribution is 0.376. The maximum Gasteiger partial charge on any atom is -0.00860 e. The van der Waals surface area contributed by atoms with Gasteiger partial charge in [-0.2, -0.15) is 0 Å². The minimum absolute atomic E-state index is 0.284. The van der Waals surface area contributed by atoms with Gasteiger partial charge in [-0.05, 0) is 125 Å². The molecule has 0 unspecified atom stereocenters. The molecule has 0 radical (unpaired) electrons. The summed E-state index contributed by atoms with van der Waals surface area (Å²) in [6.45, 7) is 22.5. The Morgan fingerprint density at radius 1 is 0.575 bits per heavy atom. The molecule has 0 aliphatic heterocycles. The van der Waals surface area contributed by atoms with E-state index in [-0.39, 0.29) is 10.8 Å². The van der Waals surface area contributed by atoms with Gasteiger partial charge in [-0.15, -0.1) is 0 Å². The largest absolute Gasteiger partial charge is 0.0700 e. The van der Waals surface area contributed by atoms with Gasteiger partial charge in [-0.25, -0.2) is 0 Å². The number of rotatable bonds is 8. The third-order valence-electron chi connectivity index (χ3n) is 8.23. The summed E-state index contributed by atoms with van der Waals surface area (Å²) in [5.74, 6) is 6.32. The Hall–Kier alpha value is -3.04. The molecule has 2 aliphatic rings. The molecular weight excluding hydrogens is 480 g/mol. The van der Waals surface area contributed by atoms with Crippen molar-refractivity contribution < 1.29 is 0 Å². The van der Waals surface area contributed by atoms with E-state index >= 15 is 0 Å². The van der Waals surface area contributed by atoms with Crippen LogP contribution in [-0.2, 0) is 0 Å². The molecule has 0 fully saturated rings. The van der Waals surface area contributed by atoms with Crippen LogP contribution in [0.1, 0.15) is 108 Å². The molecule has 0 spiro atoms. The first-order valence-corrected chi connectivity index (χ1v) is 15.1. The fourth-order valence-electron chi connectivity index (χ4n) is 5.67. The quantitative estimate of drug-likeness (QED) is 0.214. The van der Waals surface area contributed by atoms with Gasteiger partial charge in [-0.3, -0.25) is 0 Å². The molecule has 40 heavy (non-hydrogen) atoms. The zero-order valence-electron chi connectivity index (χ0n) is 27.2. The summed E-state index contributed by atoms with van der Waals surface area (Å²) < 4.78 is 0. The van der Waals surface area contributed by atoms with Crippen molar-refractivity contribution in [3.8, 4) is 11.8 Å². The summed E-state index contributed by atoms with van der Waals surface area (Å²) >= 11 is 0. The smallest absolute Gasteiger partial charge is 0.00860 e. The Kier molecular flexibility index (Phi) is 13.0. The predicted molar refractivity (Wildman–Crippen MR) is 180 cm³/mol. The van der Waals surface area contributed by atoms with Crippen LogP contribution in [0.4, 0.5) is 0 Å². The molecule has 2 aliphatic carbocycles. The van der Waals surface area contributed by atoms with Crippen LogP contribution in [-0.4, -0.2) is 0 Å². The van der Waals surface area contributed by atoms with Crippen LogP contribution < -0.4 is 0 Å². The molecule has 0 saturated heterocycles. The molecule has 0 bridgehead atoms. The van der Waals surface area contributed by atoms with E-state index in [9.17, 15) is 0 Å². The SMILES string of the molecule is CC1=C(/C=C/C(C)=C/C=C/C(C)=C\C#C/C=C(C)/C=C/C=C(C)/C=C/C2=C(C)CCCC2(C)C)C(C)(C)CCC1. The average Bonchev–Trinajstić information content (AvgIpc) is 2.85. The molecule has 0 saturated carbocycles. The van der Waals surface area contributed by atoms with Crippen molar-refractivity contribution in [2.75, 3.05) is 0 Å². The molecule has 0 aromatic rings. The van der Waals surface area contributed by atoms with Crippen molar-refractivity contribution in [2.24, 2.45) is 10.8 Å². The Morgan fingerprint density at radius 3 is 1.30 bits per heavy atom. The van der Waals surface area contributed by atoms with Crippen LogP contribution in [0.15, 0.2) is 117 Å². The van der Waals surface area contributed by atoms with Crippen LogP contribution in [0.3, 0.4) is 0 Å². The Labute approximate surface area is 247 Å². The van der Waals surface area contributed by atoms with E-state index in [1.165, 1.54) is 60.8 Å². The zero-order valence-corrected chi connectivity index (χ0v) is 27.2. The first kappa shape index (κ1) is 33.2. The van der Waals surface area contributed by atoms with Gasteiger partial charge in [0.15, 0.2) is 0 Å². The number of hydrogen-bond acceptors (Lipinski definition) is 0. The minimum Gasteiger partial charge on any atom is -0.0700 e. The van der Waals surface area contributed by atoms with Gasteiger partial charge in [0.2, 0.25) is 0 Å². The molecule has 0 amide bonds. The highest BCUT2D eigenvalue weighted by molar-refractivity contribution is 5.39. The molecule has 0 atom stereocenters. The third-order valence-corrected chi connectivity index (χ3v) is 8.23. The molecule has 0 aromatic carbocycles. The van der Waals surface area contributed by atoms with E-state index in [2.05, 4.69) is 142 Å². The van der Waals surface area contributed by atoms with Gasteiger partial charge in [0, 0.05) is 0 Å². The highest BCUT2D eigenvalue weighted by Gasteiger charge is 2.27. The summed E-state index contributed by atoms with van der Waals surface area (Å²) in [7, 11) is 0. The third kappa shape index (κ3) is 11.2. The van der Waals surface area contributed by atoms with Gasteiger partial charge >= 0.3 is 0 Å². The fourth-order valence-corrected chi connectivity index (χ4v) is 5.67. The minimum atomic E-state index is 0.284. The molecule has 214 valence electrons. The van der Waals surface area contributed by atoms with Crippen LogP contribution in [0.5, 0.6) is 0 Å². The topological polar surface area (TPSA) is 0 Å². The maximum absolute atomic E-state index is 3.16. The molecule has 0 heterocycles. The number of hydrogen-bond donors (Lipinski definition) is 0. The van der Waals surface area contributed by atoms with Gasteiger partial charge in [0.05, 0.1) is 0 Å². The van der Waals surface area contributed by atoms with Crippen molar-refractivity contribution in [3.05, 3.63) is 117 Å². The molecule has 0 nitrogen and oxygen atoms in total. The molecule has 0 heteroatoms. The highest BCUT2D eigenvalue weighted by atomic mass is 14.3. The van der Waals surface area contributed by atoms with Crippen molar-refractivity contribution in [2.45, 2.75) is 108 Å². The second kappa shape index (κ2) is 15.7. The van der Waals surface area contributed by atoms with E-state index < -0.39 is 0 Å². The van der Waals surface area contributed by atoms with Crippen molar-refractivity contribution in [1.82, 2.24) is 0 Å². The summed E-state index contributed by atoms with van der Waals surface area (Å²) in [5, 5.41) is 0. The lowest BCUT2D eigenvalue weighted by Crippen LogP contribution is -2.19. The number of allylic oxidation sites excluding steroid dienone is 20. The van der Waals surface area contributed by atoms with Crippen LogP contribution >= 0.6 is 0 Å². The molecule has 0 N–H and O–H groups in total. The first-order chi connectivity index (χ1) is 18.8. The van der Waals surface area contributed by atoms with Crippen molar-refractivity contribution in [1.29, 1.82) is 0 Å². The van der Waals surface area contributed by atoms with Gasteiger partial charge < -0.3 is 0 Å². The molecule has 0 aromatic heterocycles. The van der Waals surface area contributed by atoms with E-state index in [4.69, 9.17) is 0 Å². The van der Waals surface area contributed by atoms with Gasteiger partial charge in [-0.1, -0.05) is 123 Å². The normalized spacial score (nSPS) is 21.4. The summed E-state index contributed by atoms with van der Waals surface area (Å²) in [6.07, 6.45) is 33.5. The van der Waals surface area contributed by atoms with Crippen LogP contribution in [0.2, 0.25) is 0 Å². The lowest BCUT2D eigenvalue weighted by atomic mass is 9.72. The van der Waals surface area contributed by atoms with E-state index in [0.717, 1.165) is 11.1 Å². The van der Waals surface area contributed by atoms with E-state index in [1.54, 1.807) is 11.1 Å². The van der Waals surface area contributed by atoms with E-state index in [1.807, 2.05) is 12.2 Å². The van der Waals surface area contributed by atoms with Crippen molar-refractivity contribution in [3.63, 3.8) is 0 Å².